The van der Waals surface area contributed by atoms with Crippen LogP contribution in [0.4, 0.5) is 5.69 Å². The molecular formula is C25H21N3O3. The summed E-state index contributed by atoms with van der Waals surface area (Å²) in [5, 5.41) is 6.78. The summed E-state index contributed by atoms with van der Waals surface area (Å²) in [6.07, 6.45) is 0.689. The third-order valence-corrected chi connectivity index (χ3v) is 5.75. The standard InChI is InChI=1S/C25H21N3O3/c1-31-19-11-7-10-18(14-19)21-15-23(17-8-3-2-4-9-17)28(26-21)16-27-22-13-6-5-12-20(22)24(29)25(27)30/h2-14,23H,15-16H2,1H3. The summed E-state index contributed by atoms with van der Waals surface area (Å²) in [5.74, 6) is -0.217. The van der Waals surface area contributed by atoms with Crippen molar-refractivity contribution in [3.63, 3.8) is 0 Å². The number of hydrogen-bond donors (Lipinski definition) is 0. The van der Waals surface area contributed by atoms with Crippen molar-refractivity contribution in [2.75, 3.05) is 18.7 Å². The maximum atomic E-state index is 12.7. The Hall–Kier alpha value is -3.93. The van der Waals surface area contributed by atoms with Crippen molar-refractivity contribution >= 4 is 23.1 Å². The van der Waals surface area contributed by atoms with Crippen LogP contribution in [0.3, 0.4) is 0 Å². The van der Waals surface area contributed by atoms with Gasteiger partial charge in [-0.15, -0.1) is 0 Å². The van der Waals surface area contributed by atoms with E-state index in [0.29, 0.717) is 17.7 Å². The number of ether oxygens (including phenoxy) is 1. The normalized spacial score (nSPS) is 17.7. The van der Waals surface area contributed by atoms with Crippen LogP contribution in [0.1, 0.15) is 33.9 Å². The number of rotatable bonds is 5. The molecule has 0 fully saturated rings. The molecule has 0 saturated carbocycles. The Morgan fingerprint density at radius 2 is 1.74 bits per heavy atom. The van der Waals surface area contributed by atoms with E-state index < -0.39 is 11.7 Å². The number of methoxy groups -OCH3 is 1. The summed E-state index contributed by atoms with van der Waals surface area (Å²) in [6.45, 7) is 0.203. The summed E-state index contributed by atoms with van der Waals surface area (Å²) in [6, 6.07) is 25.0. The van der Waals surface area contributed by atoms with Crippen LogP contribution in [0.5, 0.6) is 5.75 Å². The predicted octanol–water partition coefficient (Wildman–Crippen LogP) is 4.03. The van der Waals surface area contributed by atoms with E-state index in [9.17, 15) is 9.59 Å². The van der Waals surface area contributed by atoms with Gasteiger partial charge in [0.25, 0.3) is 5.78 Å². The number of carbonyl (C=O) groups is 2. The van der Waals surface area contributed by atoms with Gasteiger partial charge in [0.15, 0.2) is 0 Å². The number of hydrazone groups is 1. The molecule has 1 amide bonds. The summed E-state index contributed by atoms with van der Waals surface area (Å²) in [4.78, 5) is 26.7. The van der Waals surface area contributed by atoms with Gasteiger partial charge in [0.2, 0.25) is 0 Å². The number of carbonyl (C=O) groups excluding carboxylic acids is 2. The van der Waals surface area contributed by atoms with E-state index in [0.717, 1.165) is 22.6 Å². The number of anilines is 1. The van der Waals surface area contributed by atoms with Gasteiger partial charge in [0.05, 0.1) is 30.1 Å². The van der Waals surface area contributed by atoms with Gasteiger partial charge < -0.3 is 4.74 Å². The van der Waals surface area contributed by atoms with Crippen LogP contribution in [0.15, 0.2) is 84.0 Å². The number of amides is 1. The topological polar surface area (TPSA) is 62.2 Å². The van der Waals surface area contributed by atoms with Crippen LogP contribution in [-0.4, -0.2) is 36.2 Å². The van der Waals surface area contributed by atoms with Crippen LogP contribution in [-0.2, 0) is 4.79 Å². The predicted molar refractivity (Wildman–Crippen MR) is 118 cm³/mol. The highest BCUT2D eigenvalue weighted by atomic mass is 16.5. The minimum atomic E-state index is -0.516. The first kappa shape index (κ1) is 19.1. The first-order chi connectivity index (χ1) is 15.2. The van der Waals surface area contributed by atoms with Crippen LogP contribution in [0, 0.1) is 0 Å². The molecule has 31 heavy (non-hydrogen) atoms. The highest BCUT2D eigenvalue weighted by Crippen LogP contribution is 2.36. The zero-order chi connectivity index (χ0) is 21.4. The molecule has 6 nitrogen and oxygen atoms in total. The molecule has 1 atom stereocenters. The van der Waals surface area contributed by atoms with Crippen LogP contribution in [0.2, 0.25) is 0 Å². The molecule has 1 unspecified atom stereocenters. The molecule has 0 aromatic heterocycles. The quantitative estimate of drug-likeness (QED) is 0.595. The van der Waals surface area contributed by atoms with Gasteiger partial charge in [0, 0.05) is 12.0 Å². The second-order valence-corrected chi connectivity index (χ2v) is 7.57. The molecule has 2 aliphatic heterocycles. The van der Waals surface area contributed by atoms with Gasteiger partial charge in [-0.2, -0.15) is 5.10 Å². The fourth-order valence-electron chi connectivity index (χ4n) is 4.16. The fourth-order valence-corrected chi connectivity index (χ4v) is 4.16. The lowest BCUT2D eigenvalue weighted by molar-refractivity contribution is -0.114. The summed E-state index contributed by atoms with van der Waals surface area (Å²) < 4.78 is 5.37. The van der Waals surface area contributed by atoms with E-state index >= 15 is 0 Å². The molecule has 6 heteroatoms. The van der Waals surface area contributed by atoms with Gasteiger partial charge in [0.1, 0.15) is 12.4 Å². The number of benzene rings is 3. The second kappa shape index (κ2) is 7.72. The Morgan fingerprint density at radius 3 is 2.55 bits per heavy atom. The van der Waals surface area contributed by atoms with Crippen molar-refractivity contribution in [3.05, 3.63) is 95.6 Å². The molecule has 3 aromatic carbocycles. The van der Waals surface area contributed by atoms with Crippen molar-refractivity contribution in [3.8, 4) is 5.75 Å². The van der Waals surface area contributed by atoms with Crippen molar-refractivity contribution < 1.29 is 14.3 Å². The SMILES string of the molecule is COc1cccc(C2=NN(CN3C(=O)C(=O)c4ccccc43)C(c3ccccc3)C2)c1. The van der Waals surface area contributed by atoms with Crippen molar-refractivity contribution in [2.24, 2.45) is 5.10 Å². The van der Waals surface area contributed by atoms with Crippen LogP contribution < -0.4 is 9.64 Å². The van der Waals surface area contributed by atoms with E-state index in [1.165, 1.54) is 4.90 Å². The van der Waals surface area contributed by atoms with Crippen molar-refractivity contribution in [2.45, 2.75) is 12.5 Å². The van der Waals surface area contributed by atoms with Crippen LogP contribution in [0.25, 0.3) is 0 Å². The van der Waals surface area contributed by atoms with E-state index in [4.69, 9.17) is 9.84 Å². The summed E-state index contributed by atoms with van der Waals surface area (Å²) in [5.41, 5.74) is 4.08. The molecule has 5 rings (SSSR count). The molecular weight excluding hydrogens is 390 g/mol. The number of Topliss-reactive ketones (excluding diaryl/α,β-unsaturated/α-hetero) is 1. The second-order valence-electron chi connectivity index (χ2n) is 7.57. The number of ketones is 1. The zero-order valence-corrected chi connectivity index (χ0v) is 17.1. The first-order valence-electron chi connectivity index (χ1n) is 10.1. The molecule has 154 valence electrons. The number of hydrogen-bond acceptors (Lipinski definition) is 5. The lowest BCUT2D eigenvalue weighted by Gasteiger charge is -2.28. The zero-order valence-electron chi connectivity index (χ0n) is 17.1. The largest absolute Gasteiger partial charge is 0.497 e. The lowest BCUT2D eigenvalue weighted by atomic mass is 9.98. The van der Waals surface area contributed by atoms with Crippen LogP contribution >= 0.6 is 0 Å². The maximum Gasteiger partial charge on any atom is 0.301 e. The molecule has 2 aliphatic rings. The summed E-state index contributed by atoms with van der Waals surface area (Å²) in [7, 11) is 1.64. The fraction of sp³-hybridized carbons (Fsp3) is 0.160. The minimum Gasteiger partial charge on any atom is -0.497 e. The third kappa shape index (κ3) is 3.36. The molecule has 0 radical (unpaired) electrons. The van der Waals surface area contributed by atoms with Gasteiger partial charge >= 0.3 is 5.91 Å². The molecule has 0 bridgehead atoms. The Balaban J connectivity index is 1.51. The van der Waals surface area contributed by atoms with Crippen molar-refractivity contribution in [1.82, 2.24) is 5.01 Å². The number of nitrogens with zero attached hydrogens (tertiary/aromatic N) is 3. The molecule has 0 saturated heterocycles. The highest BCUT2D eigenvalue weighted by molar-refractivity contribution is 6.52. The van der Waals surface area contributed by atoms with Gasteiger partial charge in [-0.25, -0.2) is 0 Å². The molecule has 0 N–H and O–H groups in total. The average Bonchev–Trinajstić information content (AvgIpc) is 3.35. The van der Waals surface area contributed by atoms with E-state index in [1.54, 1.807) is 25.3 Å². The summed E-state index contributed by atoms with van der Waals surface area (Å²) >= 11 is 0. The average molecular weight is 411 g/mol. The number of para-hydroxylation sites is 1. The van der Waals surface area contributed by atoms with Gasteiger partial charge in [-0.05, 0) is 29.8 Å². The van der Waals surface area contributed by atoms with E-state index in [-0.39, 0.29) is 12.7 Å². The van der Waals surface area contributed by atoms with Gasteiger partial charge in [-0.1, -0.05) is 54.6 Å². The maximum absolute atomic E-state index is 12.7. The molecule has 2 heterocycles. The molecule has 0 spiro atoms. The smallest absolute Gasteiger partial charge is 0.301 e. The number of fused-ring (bicyclic) bond motifs is 1. The van der Waals surface area contributed by atoms with E-state index in [2.05, 4.69) is 12.1 Å². The Bertz CT molecular complexity index is 1190. The highest BCUT2D eigenvalue weighted by Gasteiger charge is 2.39. The Morgan fingerprint density at radius 1 is 0.968 bits per heavy atom. The van der Waals surface area contributed by atoms with Gasteiger partial charge in [-0.3, -0.25) is 19.5 Å². The Labute approximate surface area is 180 Å². The monoisotopic (exact) mass is 411 g/mol. The molecule has 3 aromatic rings. The Kier molecular flexibility index (Phi) is 4.75. The molecule has 0 aliphatic carbocycles. The van der Waals surface area contributed by atoms with Crippen molar-refractivity contribution in [1.29, 1.82) is 0 Å². The third-order valence-electron chi connectivity index (χ3n) is 5.75. The lowest BCUT2D eigenvalue weighted by Crippen LogP contribution is -2.39. The van der Waals surface area contributed by atoms with E-state index in [1.807, 2.05) is 53.5 Å². The minimum absolute atomic E-state index is 0.0435. The first-order valence-corrected chi connectivity index (χ1v) is 10.1.